The van der Waals surface area contributed by atoms with Crippen molar-refractivity contribution in [3.8, 4) is 0 Å². The Labute approximate surface area is 146 Å². The summed E-state index contributed by atoms with van der Waals surface area (Å²) in [6, 6.07) is 8.69. The van der Waals surface area contributed by atoms with Gasteiger partial charge in [-0.1, -0.05) is 6.07 Å². The Balaban J connectivity index is 1.30. The van der Waals surface area contributed by atoms with Crippen LogP contribution in [0.4, 0.5) is 0 Å². The molecule has 3 heterocycles. The Morgan fingerprint density at radius 3 is 2.96 bits per heavy atom. The summed E-state index contributed by atoms with van der Waals surface area (Å²) in [7, 11) is 0. The zero-order valence-corrected chi connectivity index (χ0v) is 14.3. The van der Waals surface area contributed by atoms with E-state index in [1.165, 1.54) is 29.3 Å². The van der Waals surface area contributed by atoms with Gasteiger partial charge in [0.15, 0.2) is 0 Å². The van der Waals surface area contributed by atoms with Gasteiger partial charge in [0.1, 0.15) is 5.82 Å². The Morgan fingerprint density at radius 2 is 2.08 bits per heavy atom. The zero-order chi connectivity index (χ0) is 16.8. The van der Waals surface area contributed by atoms with Crippen LogP contribution < -0.4 is 5.69 Å². The molecule has 0 bridgehead atoms. The molecule has 1 N–H and O–H groups in total. The Bertz CT molecular complexity index is 962. The van der Waals surface area contributed by atoms with Crippen molar-refractivity contribution >= 4 is 10.9 Å². The summed E-state index contributed by atoms with van der Waals surface area (Å²) in [6.45, 7) is 4.31. The summed E-state index contributed by atoms with van der Waals surface area (Å²) in [5.74, 6) is 1.63. The number of rotatable bonds is 4. The van der Waals surface area contributed by atoms with Crippen molar-refractivity contribution in [2.75, 3.05) is 13.1 Å². The minimum Gasteiger partial charge on any atom is -0.361 e. The van der Waals surface area contributed by atoms with Crippen molar-refractivity contribution in [2.24, 2.45) is 5.92 Å². The SMILES string of the molecule is O=c1n(CC2CC2)nc2n1CCN(Cc1ccc3[nH]ccc3c1)CC2. The summed E-state index contributed by atoms with van der Waals surface area (Å²) < 4.78 is 3.58. The lowest BCUT2D eigenvalue weighted by Gasteiger charge is -2.19. The third kappa shape index (κ3) is 2.91. The summed E-state index contributed by atoms with van der Waals surface area (Å²) in [6.07, 6.45) is 5.31. The average molecular weight is 337 g/mol. The van der Waals surface area contributed by atoms with Gasteiger partial charge in [0.25, 0.3) is 0 Å². The Morgan fingerprint density at radius 1 is 1.16 bits per heavy atom. The first kappa shape index (κ1) is 15.0. The molecule has 6 heteroatoms. The van der Waals surface area contributed by atoms with Gasteiger partial charge < -0.3 is 4.98 Å². The quantitative estimate of drug-likeness (QED) is 0.792. The zero-order valence-electron chi connectivity index (χ0n) is 14.3. The van der Waals surface area contributed by atoms with Crippen molar-refractivity contribution < 1.29 is 0 Å². The van der Waals surface area contributed by atoms with Gasteiger partial charge in [0, 0.05) is 50.9 Å². The molecule has 1 aliphatic carbocycles. The van der Waals surface area contributed by atoms with Crippen LogP contribution in [0, 0.1) is 5.92 Å². The first-order chi connectivity index (χ1) is 12.3. The van der Waals surface area contributed by atoms with Crippen LogP contribution in [0.25, 0.3) is 10.9 Å². The van der Waals surface area contributed by atoms with E-state index >= 15 is 0 Å². The van der Waals surface area contributed by atoms with Crippen molar-refractivity contribution in [3.05, 3.63) is 52.3 Å². The summed E-state index contributed by atoms with van der Waals surface area (Å²) >= 11 is 0. The number of aromatic amines is 1. The lowest BCUT2D eigenvalue weighted by atomic mass is 10.1. The van der Waals surface area contributed by atoms with Crippen LogP contribution in [0.5, 0.6) is 0 Å². The van der Waals surface area contributed by atoms with Crippen LogP contribution in [-0.4, -0.2) is 37.3 Å². The van der Waals surface area contributed by atoms with E-state index in [4.69, 9.17) is 0 Å². The van der Waals surface area contributed by atoms with E-state index in [0.717, 1.165) is 45.0 Å². The maximum Gasteiger partial charge on any atom is 0.345 e. The van der Waals surface area contributed by atoms with Gasteiger partial charge in [-0.3, -0.25) is 9.47 Å². The number of H-pyrrole nitrogens is 1. The minimum absolute atomic E-state index is 0.0810. The van der Waals surface area contributed by atoms with Crippen molar-refractivity contribution in [3.63, 3.8) is 0 Å². The van der Waals surface area contributed by atoms with E-state index in [0.29, 0.717) is 5.92 Å². The maximum atomic E-state index is 12.6. The third-order valence-corrected chi connectivity index (χ3v) is 5.44. The van der Waals surface area contributed by atoms with Crippen molar-refractivity contribution in [1.82, 2.24) is 24.2 Å². The first-order valence-electron chi connectivity index (χ1n) is 9.21. The Hall–Kier alpha value is -2.34. The molecule has 0 radical (unpaired) electrons. The number of hydrogen-bond acceptors (Lipinski definition) is 3. The Kier molecular flexibility index (Phi) is 3.52. The van der Waals surface area contributed by atoms with Crippen LogP contribution in [0.2, 0.25) is 0 Å². The molecule has 6 nitrogen and oxygen atoms in total. The van der Waals surface area contributed by atoms with Crippen LogP contribution in [-0.2, 0) is 26.1 Å². The fraction of sp³-hybridized carbons (Fsp3) is 0.474. The lowest BCUT2D eigenvalue weighted by molar-refractivity contribution is 0.269. The number of hydrogen-bond donors (Lipinski definition) is 1. The highest BCUT2D eigenvalue weighted by Gasteiger charge is 2.25. The molecule has 3 aromatic rings. The molecular weight excluding hydrogens is 314 g/mol. The lowest BCUT2D eigenvalue weighted by Crippen LogP contribution is -2.30. The van der Waals surface area contributed by atoms with Crippen LogP contribution in [0.1, 0.15) is 24.2 Å². The van der Waals surface area contributed by atoms with Gasteiger partial charge in [-0.15, -0.1) is 0 Å². The fourth-order valence-corrected chi connectivity index (χ4v) is 3.79. The monoisotopic (exact) mass is 337 g/mol. The predicted octanol–water partition coefficient (Wildman–Crippen LogP) is 1.99. The largest absolute Gasteiger partial charge is 0.361 e. The fourth-order valence-electron chi connectivity index (χ4n) is 3.79. The third-order valence-electron chi connectivity index (χ3n) is 5.44. The molecule has 2 aliphatic rings. The molecule has 1 aliphatic heterocycles. The first-order valence-corrected chi connectivity index (χ1v) is 9.21. The summed E-state index contributed by atoms with van der Waals surface area (Å²) in [5, 5.41) is 5.86. The maximum absolute atomic E-state index is 12.6. The van der Waals surface area contributed by atoms with E-state index in [9.17, 15) is 4.79 Å². The predicted molar refractivity (Wildman–Crippen MR) is 96.5 cm³/mol. The highest BCUT2D eigenvalue weighted by Crippen LogP contribution is 2.29. The number of nitrogens with zero attached hydrogens (tertiary/aromatic N) is 4. The molecule has 0 unspecified atom stereocenters. The summed E-state index contributed by atoms with van der Waals surface area (Å²) in [5.41, 5.74) is 2.58. The molecule has 0 saturated heterocycles. The smallest absolute Gasteiger partial charge is 0.345 e. The standard InChI is InChI=1S/C19H23N5O/c25-19-23-10-9-22(8-6-18(23)21-24(19)13-14-1-2-14)12-15-3-4-17-16(11-15)5-7-20-17/h3-5,7,11,14,20H,1-2,6,8-10,12-13H2. The average Bonchev–Trinajstić information content (AvgIpc) is 3.27. The van der Waals surface area contributed by atoms with Gasteiger partial charge in [-0.05, 0) is 47.9 Å². The highest BCUT2D eigenvalue weighted by molar-refractivity contribution is 5.79. The molecular formula is C19H23N5O. The van der Waals surface area contributed by atoms with E-state index in [-0.39, 0.29) is 5.69 Å². The van der Waals surface area contributed by atoms with Crippen molar-refractivity contribution in [1.29, 1.82) is 0 Å². The molecule has 25 heavy (non-hydrogen) atoms. The molecule has 0 amide bonds. The van der Waals surface area contributed by atoms with Crippen molar-refractivity contribution in [2.45, 2.75) is 38.9 Å². The van der Waals surface area contributed by atoms with Gasteiger partial charge in [-0.2, -0.15) is 5.10 Å². The second-order valence-corrected chi connectivity index (χ2v) is 7.40. The van der Waals surface area contributed by atoms with Gasteiger partial charge in [0.2, 0.25) is 0 Å². The van der Waals surface area contributed by atoms with Gasteiger partial charge >= 0.3 is 5.69 Å². The molecule has 130 valence electrons. The number of benzene rings is 1. The van der Waals surface area contributed by atoms with Gasteiger partial charge in [0.05, 0.1) is 0 Å². The topological polar surface area (TPSA) is 58.9 Å². The highest BCUT2D eigenvalue weighted by atomic mass is 16.2. The normalized spacial score (nSPS) is 18.4. The molecule has 0 spiro atoms. The van der Waals surface area contributed by atoms with Crippen LogP contribution in [0.3, 0.4) is 0 Å². The number of nitrogens with one attached hydrogen (secondary N) is 1. The van der Waals surface area contributed by atoms with Crippen LogP contribution >= 0.6 is 0 Å². The summed E-state index contributed by atoms with van der Waals surface area (Å²) in [4.78, 5) is 18.2. The second-order valence-electron chi connectivity index (χ2n) is 7.40. The molecule has 0 atom stereocenters. The van der Waals surface area contributed by atoms with E-state index in [1.807, 2.05) is 10.8 Å². The second kappa shape index (κ2) is 5.88. The molecule has 5 rings (SSSR count). The molecule has 1 aromatic carbocycles. The molecule has 1 saturated carbocycles. The number of fused-ring (bicyclic) bond motifs is 2. The molecule has 2 aromatic heterocycles. The number of aromatic nitrogens is 4. The van der Waals surface area contributed by atoms with E-state index in [1.54, 1.807) is 4.68 Å². The van der Waals surface area contributed by atoms with E-state index in [2.05, 4.69) is 39.2 Å². The minimum atomic E-state index is 0.0810. The van der Waals surface area contributed by atoms with E-state index < -0.39 is 0 Å². The molecule has 1 fully saturated rings. The van der Waals surface area contributed by atoms with Crippen LogP contribution in [0.15, 0.2) is 35.3 Å². The van der Waals surface area contributed by atoms with Gasteiger partial charge in [-0.25, -0.2) is 9.48 Å².